The van der Waals surface area contributed by atoms with Crippen molar-refractivity contribution in [2.24, 2.45) is 5.92 Å². The Bertz CT molecular complexity index is 881. The molecule has 0 bridgehead atoms. The summed E-state index contributed by atoms with van der Waals surface area (Å²) >= 11 is 5.84. The van der Waals surface area contributed by atoms with Crippen molar-refractivity contribution in [1.82, 2.24) is 5.32 Å². The van der Waals surface area contributed by atoms with E-state index in [0.29, 0.717) is 18.0 Å². The van der Waals surface area contributed by atoms with Crippen LogP contribution in [0.3, 0.4) is 0 Å². The SMILES string of the molecule is Cc1ccc(N2C[C@H](C(=O)OCC(=O)NCCc3ccc(Cl)cc3)CC2=O)cc1. The zero-order chi connectivity index (χ0) is 20.8. The molecule has 1 atom stereocenters. The number of hydrogen-bond donors (Lipinski definition) is 1. The molecule has 0 aliphatic carbocycles. The summed E-state index contributed by atoms with van der Waals surface area (Å²) in [5.41, 5.74) is 2.90. The smallest absolute Gasteiger partial charge is 0.311 e. The van der Waals surface area contributed by atoms with Crippen LogP contribution in [0.5, 0.6) is 0 Å². The van der Waals surface area contributed by atoms with Gasteiger partial charge in [0.2, 0.25) is 5.91 Å². The first-order valence-corrected chi connectivity index (χ1v) is 9.85. The molecule has 0 spiro atoms. The van der Waals surface area contributed by atoms with Gasteiger partial charge in [-0.1, -0.05) is 41.4 Å². The third-order valence-corrected chi connectivity index (χ3v) is 5.05. The van der Waals surface area contributed by atoms with E-state index in [0.717, 1.165) is 16.8 Å². The van der Waals surface area contributed by atoms with Crippen LogP contribution in [-0.2, 0) is 25.5 Å². The first kappa shape index (κ1) is 20.9. The average Bonchev–Trinajstić information content (AvgIpc) is 3.10. The highest BCUT2D eigenvalue weighted by Gasteiger charge is 2.36. The lowest BCUT2D eigenvalue weighted by Gasteiger charge is -2.16. The van der Waals surface area contributed by atoms with E-state index in [2.05, 4.69) is 5.32 Å². The van der Waals surface area contributed by atoms with E-state index in [9.17, 15) is 14.4 Å². The Morgan fingerprint density at radius 3 is 2.52 bits per heavy atom. The Morgan fingerprint density at radius 2 is 1.83 bits per heavy atom. The molecule has 2 amide bonds. The number of halogens is 1. The number of carbonyl (C=O) groups is 3. The number of benzene rings is 2. The Hall–Kier alpha value is -2.86. The molecule has 6 nitrogen and oxygen atoms in total. The predicted molar refractivity (Wildman–Crippen MR) is 111 cm³/mol. The van der Waals surface area contributed by atoms with Crippen LogP contribution in [0.2, 0.25) is 5.02 Å². The van der Waals surface area contributed by atoms with E-state index in [4.69, 9.17) is 16.3 Å². The number of ether oxygens (including phenoxy) is 1. The minimum absolute atomic E-state index is 0.0882. The maximum atomic E-state index is 12.3. The minimum Gasteiger partial charge on any atom is -0.455 e. The molecule has 0 aromatic heterocycles. The van der Waals surface area contributed by atoms with Crippen molar-refractivity contribution in [2.75, 3.05) is 24.6 Å². The van der Waals surface area contributed by atoms with E-state index < -0.39 is 11.9 Å². The summed E-state index contributed by atoms with van der Waals surface area (Å²) in [4.78, 5) is 38.0. The zero-order valence-corrected chi connectivity index (χ0v) is 16.9. The van der Waals surface area contributed by atoms with Crippen LogP contribution in [0.15, 0.2) is 48.5 Å². The summed E-state index contributed by atoms with van der Waals surface area (Å²) in [6.07, 6.45) is 0.740. The molecular weight excluding hydrogens is 392 g/mol. The fraction of sp³-hybridized carbons (Fsp3) is 0.318. The van der Waals surface area contributed by atoms with Gasteiger partial charge in [0.1, 0.15) is 0 Å². The molecule has 1 heterocycles. The molecule has 1 fully saturated rings. The van der Waals surface area contributed by atoms with Crippen molar-refractivity contribution in [1.29, 1.82) is 0 Å². The largest absolute Gasteiger partial charge is 0.455 e. The van der Waals surface area contributed by atoms with Gasteiger partial charge in [0, 0.05) is 30.2 Å². The second-order valence-corrected chi connectivity index (χ2v) is 7.51. The van der Waals surface area contributed by atoms with Gasteiger partial charge in [0.05, 0.1) is 5.92 Å². The van der Waals surface area contributed by atoms with Gasteiger partial charge in [-0.3, -0.25) is 14.4 Å². The van der Waals surface area contributed by atoms with E-state index in [1.54, 1.807) is 17.0 Å². The van der Waals surface area contributed by atoms with Crippen molar-refractivity contribution in [3.05, 3.63) is 64.7 Å². The van der Waals surface area contributed by atoms with Crippen molar-refractivity contribution in [2.45, 2.75) is 19.8 Å². The number of rotatable bonds is 7. The Labute approximate surface area is 174 Å². The molecule has 0 radical (unpaired) electrons. The summed E-state index contributed by atoms with van der Waals surface area (Å²) in [7, 11) is 0. The van der Waals surface area contributed by atoms with Crippen molar-refractivity contribution in [3.63, 3.8) is 0 Å². The molecule has 2 aromatic carbocycles. The van der Waals surface area contributed by atoms with Gasteiger partial charge >= 0.3 is 5.97 Å². The molecule has 0 unspecified atom stereocenters. The van der Waals surface area contributed by atoms with Crippen LogP contribution in [-0.4, -0.2) is 37.5 Å². The molecule has 1 aliphatic rings. The monoisotopic (exact) mass is 414 g/mol. The number of hydrogen-bond acceptors (Lipinski definition) is 4. The summed E-state index contributed by atoms with van der Waals surface area (Å²) in [5.74, 6) is -1.58. The van der Waals surface area contributed by atoms with Gasteiger partial charge in [-0.15, -0.1) is 0 Å². The van der Waals surface area contributed by atoms with Gasteiger partial charge in [0.15, 0.2) is 6.61 Å². The summed E-state index contributed by atoms with van der Waals surface area (Å²) in [6.45, 7) is 2.31. The lowest BCUT2D eigenvalue weighted by atomic mass is 10.1. The minimum atomic E-state index is -0.564. The van der Waals surface area contributed by atoms with E-state index in [-0.39, 0.29) is 31.4 Å². The van der Waals surface area contributed by atoms with E-state index >= 15 is 0 Å². The quantitative estimate of drug-likeness (QED) is 0.707. The maximum absolute atomic E-state index is 12.3. The lowest BCUT2D eigenvalue weighted by Crippen LogP contribution is -2.32. The molecule has 0 saturated carbocycles. The van der Waals surface area contributed by atoms with Gasteiger partial charge in [-0.25, -0.2) is 0 Å². The summed E-state index contributed by atoms with van der Waals surface area (Å²) in [5, 5.41) is 3.38. The molecule has 2 aromatic rings. The number of nitrogens with one attached hydrogen (secondary N) is 1. The van der Waals surface area contributed by atoms with Crippen LogP contribution in [0.4, 0.5) is 5.69 Å². The van der Waals surface area contributed by atoms with Crippen molar-refractivity contribution < 1.29 is 19.1 Å². The summed E-state index contributed by atoms with van der Waals surface area (Å²) < 4.78 is 5.11. The second kappa shape index (κ2) is 9.56. The third kappa shape index (κ3) is 5.81. The van der Waals surface area contributed by atoms with Gasteiger partial charge < -0.3 is 15.0 Å². The molecule has 1 saturated heterocycles. The number of amides is 2. The number of anilines is 1. The molecule has 152 valence electrons. The van der Waals surface area contributed by atoms with Gasteiger partial charge in [-0.2, -0.15) is 0 Å². The summed E-state index contributed by atoms with van der Waals surface area (Å²) in [6, 6.07) is 14.9. The topological polar surface area (TPSA) is 75.7 Å². The first-order chi connectivity index (χ1) is 13.9. The number of esters is 1. The van der Waals surface area contributed by atoms with Crippen LogP contribution in [0.25, 0.3) is 0 Å². The third-order valence-electron chi connectivity index (χ3n) is 4.80. The highest BCUT2D eigenvalue weighted by molar-refractivity contribution is 6.30. The Kier molecular flexibility index (Phi) is 6.88. The fourth-order valence-electron chi connectivity index (χ4n) is 3.14. The van der Waals surface area contributed by atoms with Crippen LogP contribution in [0, 0.1) is 12.8 Å². The highest BCUT2D eigenvalue weighted by Crippen LogP contribution is 2.26. The molecule has 1 aliphatic heterocycles. The Morgan fingerprint density at radius 1 is 1.14 bits per heavy atom. The molecule has 7 heteroatoms. The molecule has 29 heavy (non-hydrogen) atoms. The fourth-order valence-corrected chi connectivity index (χ4v) is 3.27. The van der Waals surface area contributed by atoms with Crippen LogP contribution in [0.1, 0.15) is 17.5 Å². The normalized spacial score (nSPS) is 16.0. The predicted octanol–water partition coefficient (Wildman–Crippen LogP) is 2.90. The van der Waals surface area contributed by atoms with Gasteiger partial charge in [0.25, 0.3) is 5.91 Å². The zero-order valence-electron chi connectivity index (χ0n) is 16.2. The maximum Gasteiger partial charge on any atom is 0.311 e. The molecule has 3 rings (SSSR count). The van der Waals surface area contributed by atoms with Gasteiger partial charge in [-0.05, 0) is 43.2 Å². The lowest BCUT2D eigenvalue weighted by molar-refractivity contribution is -0.152. The number of carbonyl (C=O) groups excluding carboxylic acids is 3. The van der Waals surface area contributed by atoms with Crippen molar-refractivity contribution in [3.8, 4) is 0 Å². The number of aryl methyl sites for hydroxylation is 1. The average molecular weight is 415 g/mol. The first-order valence-electron chi connectivity index (χ1n) is 9.47. The Balaban J connectivity index is 1.41. The molecule has 1 N–H and O–H groups in total. The van der Waals surface area contributed by atoms with Crippen LogP contribution < -0.4 is 10.2 Å². The second-order valence-electron chi connectivity index (χ2n) is 7.08. The standard InChI is InChI=1S/C22H23ClN2O4/c1-15-2-8-19(9-3-15)25-13-17(12-21(25)27)22(28)29-14-20(26)24-11-10-16-4-6-18(23)7-5-16/h2-9,17H,10-14H2,1H3,(H,24,26)/t17-/m1/s1. The highest BCUT2D eigenvalue weighted by atomic mass is 35.5. The van der Waals surface area contributed by atoms with Crippen LogP contribution >= 0.6 is 11.6 Å². The molecular formula is C22H23ClN2O4. The van der Waals surface area contributed by atoms with E-state index in [1.807, 2.05) is 43.3 Å². The van der Waals surface area contributed by atoms with E-state index in [1.165, 1.54) is 0 Å². The number of nitrogens with zero attached hydrogens (tertiary/aromatic N) is 1. The van der Waals surface area contributed by atoms with Crippen molar-refractivity contribution >= 4 is 35.1 Å².